The molecule has 1 aliphatic rings. The van der Waals surface area contributed by atoms with Gasteiger partial charge in [0.15, 0.2) is 5.78 Å². The van der Waals surface area contributed by atoms with Crippen LogP contribution in [-0.2, 0) is 6.42 Å². The van der Waals surface area contributed by atoms with Crippen molar-refractivity contribution >= 4 is 11.5 Å². The second-order valence-corrected chi connectivity index (χ2v) is 5.40. The molecule has 2 rings (SSSR count). The second kappa shape index (κ2) is 6.03. The number of anilines is 1. The number of nitrogens with two attached hydrogens (primary N) is 1. The zero-order valence-corrected chi connectivity index (χ0v) is 11.2. The number of carbonyl (C=O) groups excluding carboxylic acids is 1. The molecule has 0 amide bonds. The van der Waals surface area contributed by atoms with Gasteiger partial charge < -0.3 is 5.73 Å². The van der Waals surface area contributed by atoms with Gasteiger partial charge in [-0.1, -0.05) is 51.2 Å². The average molecular weight is 245 g/mol. The van der Waals surface area contributed by atoms with Crippen molar-refractivity contribution in [3.63, 3.8) is 0 Å². The molecule has 1 fully saturated rings. The molecule has 1 aromatic carbocycles. The minimum absolute atomic E-state index is 0.172. The number of Topliss-reactive ketones (excluding diaryl/α,β-unsaturated/α-hetero) is 1. The summed E-state index contributed by atoms with van der Waals surface area (Å²) >= 11 is 0. The van der Waals surface area contributed by atoms with Gasteiger partial charge in [0.25, 0.3) is 0 Å². The van der Waals surface area contributed by atoms with Gasteiger partial charge in [0, 0.05) is 17.7 Å². The van der Waals surface area contributed by atoms with Crippen LogP contribution in [0.3, 0.4) is 0 Å². The van der Waals surface area contributed by atoms with Crippen LogP contribution >= 0.6 is 0 Å². The molecule has 2 heteroatoms. The highest BCUT2D eigenvalue weighted by Crippen LogP contribution is 2.29. The fourth-order valence-electron chi connectivity index (χ4n) is 2.86. The summed E-state index contributed by atoms with van der Waals surface area (Å²) in [6.07, 6.45) is 8.38. The summed E-state index contributed by atoms with van der Waals surface area (Å²) < 4.78 is 0. The van der Waals surface area contributed by atoms with Gasteiger partial charge in [0.05, 0.1) is 0 Å². The Morgan fingerprint density at radius 1 is 1.28 bits per heavy atom. The van der Waals surface area contributed by atoms with Crippen LogP contribution in [0.2, 0.25) is 0 Å². The van der Waals surface area contributed by atoms with E-state index in [1.807, 2.05) is 25.1 Å². The van der Waals surface area contributed by atoms with E-state index in [4.69, 9.17) is 5.73 Å². The first kappa shape index (κ1) is 13.1. The van der Waals surface area contributed by atoms with E-state index < -0.39 is 0 Å². The van der Waals surface area contributed by atoms with E-state index in [2.05, 4.69) is 0 Å². The maximum Gasteiger partial charge on any atom is 0.162 e. The van der Waals surface area contributed by atoms with Crippen LogP contribution in [0.25, 0.3) is 0 Å². The fourth-order valence-corrected chi connectivity index (χ4v) is 2.86. The van der Waals surface area contributed by atoms with E-state index in [1.54, 1.807) is 0 Å². The van der Waals surface area contributed by atoms with Gasteiger partial charge in [-0.15, -0.1) is 0 Å². The normalized spacial score (nSPS) is 16.7. The van der Waals surface area contributed by atoms with Crippen LogP contribution in [0.5, 0.6) is 0 Å². The molecule has 0 radical (unpaired) electrons. The molecule has 2 N–H and O–H groups in total. The lowest BCUT2D eigenvalue weighted by atomic mass is 9.84. The summed E-state index contributed by atoms with van der Waals surface area (Å²) in [7, 11) is 0. The Bertz CT molecular complexity index is 419. The molecule has 0 heterocycles. The summed E-state index contributed by atoms with van der Waals surface area (Å²) in [4.78, 5) is 11.6. The standard InChI is InChI=1S/C16H23NO/c1-2-16(18)14-9-8-13(15(17)11-14)10-12-6-4-3-5-7-12/h8-9,11-12H,2-7,10,17H2,1H3. The first-order valence-corrected chi connectivity index (χ1v) is 7.12. The SMILES string of the molecule is CCC(=O)c1ccc(CC2CCCCC2)c(N)c1. The minimum Gasteiger partial charge on any atom is -0.398 e. The highest BCUT2D eigenvalue weighted by atomic mass is 16.1. The summed E-state index contributed by atoms with van der Waals surface area (Å²) in [6.45, 7) is 1.88. The third-order valence-corrected chi connectivity index (χ3v) is 4.02. The van der Waals surface area contributed by atoms with E-state index in [9.17, 15) is 4.79 Å². The van der Waals surface area contributed by atoms with Crippen molar-refractivity contribution in [3.05, 3.63) is 29.3 Å². The van der Waals surface area contributed by atoms with Gasteiger partial charge in [0.2, 0.25) is 0 Å². The average Bonchev–Trinajstić information content (AvgIpc) is 2.41. The first-order valence-electron chi connectivity index (χ1n) is 7.12. The molecule has 1 aliphatic carbocycles. The van der Waals surface area contributed by atoms with Crippen LogP contribution in [-0.4, -0.2) is 5.78 Å². The summed E-state index contributed by atoms with van der Waals surface area (Å²) in [5.74, 6) is 0.958. The van der Waals surface area contributed by atoms with Crippen molar-refractivity contribution < 1.29 is 4.79 Å². The lowest BCUT2D eigenvalue weighted by molar-refractivity contribution is 0.0988. The first-order chi connectivity index (χ1) is 8.70. The molecule has 0 unspecified atom stereocenters. The number of ketones is 1. The van der Waals surface area contributed by atoms with Crippen LogP contribution < -0.4 is 5.73 Å². The van der Waals surface area contributed by atoms with Crippen molar-refractivity contribution in [2.75, 3.05) is 5.73 Å². The lowest BCUT2D eigenvalue weighted by Crippen LogP contribution is -2.11. The monoisotopic (exact) mass is 245 g/mol. The molecule has 1 saturated carbocycles. The largest absolute Gasteiger partial charge is 0.398 e. The number of carbonyl (C=O) groups is 1. The zero-order chi connectivity index (χ0) is 13.0. The number of benzene rings is 1. The van der Waals surface area contributed by atoms with E-state index in [0.717, 1.165) is 23.6 Å². The van der Waals surface area contributed by atoms with E-state index in [1.165, 1.54) is 37.7 Å². The summed E-state index contributed by atoms with van der Waals surface area (Å²) in [6, 6.07) is 5.83. The molecule has 0 atom stereocenters. The zero-order valence-electron chi connectivity index (χ0n) is 11.2. The maximum absolute atomic E-state index is 11.6. The molecule has 0 aliphatic heterocycles. The van der Waals surface area contributed by atoms with Gasteiger partial charge in [-0.05, 0) is 24.0 Å². The second-order valence-electron chi connectivity index (χ2n) is 5.40. The van der Waals surface area contributed by atoms with Crippen molar-refractivity contribution in [2.24, 2.45) is 5.92 Å². The Morgan fingerprint density at radius 3 is 2.61 bits per heavy atom. The smallest absolute Gasteiger partial charge is 0.162 e. The fraction of sp³-hybridized carbons (Fsp3) is 0.562. The Balaban J connectivity index is 2.07. The molecule has 98 valence electrons. The predicted molar refractivity (Wildman–Crippen MR) is 75.8 cm³/mol. The van der Waals surface area contributed by atoms with Gasteiger partial charge >= 0.3 is 0 Å². The summed E-state index contributed by atoms with van der Waals surface area (Å²) in [5.41, 5.74) is 8.84. The number of nitrogen functional groups attached to an aromatic ring is 1. The van der Waals surface area contributed by atoms with Crippen molar-refractivity contribution in [3.8, 4) is 0 Å². The molecule has 0 saturated heterocycles. The predicted octanol–water partition coefficient (Wildman–Crippen LogP) is 3.98. The Hall–Kier alpha value is -1.31. The molecule has 0 aromatic heterocycles. The number of hydrogen-bond acceptors (Lipinski definition) is 2. The number of hydrogen-bond donors (Lipinski definition) is 1. The molecule has 0 bridgehead atoms. The van der Waals surface area contributed by atoms with Gasteiger partial charge in [0.1, 0.15) is 0 Å². The van der Waals surface area contributed by atoms with Crippen LogP contribution in [0.15, 0.2) is 18.2 Å². The third-order valence-electron chi connectivity index (χ3n) is 4.02. The Kier molecular flexibility index (Phi) is 4.40. The third kappa shape index (κ3) is 3.12. The van der Waals surface area contributed by atoms with Gasteiger partial charge in [-0.3, -0.25) is 4.79 Å². The number of rotatable bonds is 4. The van der Waals surface area contributed by atoms with E-state index in [-0.39, 0.29) is 5.78 Å². The van der Waals surface area contributed by atoms with Crippen molar-refractivity contribution in [1.29, 1.82) is 0 Å². The van der Waals surface area contributed by atoms with Gasteiger partial charge in [-0.25, -0.2) is 0 Å². The van der Waals surface area contributed by atoms with E-state index in [0.29, 0.717) is 6.42 Å². The molecular weight excluding hydrogens is 222 g/mol. The lowest BCUT2D eigenvalue weighted by Gasteiger charge is -2.22. The maximum atomic E-state index is 11.6. The Morgan fingerprint density at radius 2 is 2.00 bits per heavy atom. The quantitative estimate of drug-likeness (QED) is 0.644. The van der Waals surface area contributed by atoms with Gasteiger partial charge in [-0.2, -0.15) is 0 Å². The minimum atomic E-state index is 0.172. The molecular formula is C16H23NO. The van der Waals surface area contributed by atoms with Crippen LogP contribution in [0.4, 0.5) is 5.69 Å². The van der Waals surface area contributed by atoms with Crippen molar-refractivity contribution in [2.45, 2.75) is 51.9 Å². The van der Waals surface area contributed by atoms with Crippen LogP contribution in [0.1, 0.15) is 61.4 Å². The van der Waals surface area contributed by atoms with Crippen molar-refractivity contribution in [1.82, 2.24) is 0 Å². The Labute approximate surface area is 110 Å². The highest BCUT2D eigenvalue weighted by molar-refractivity contribution is 5.96. The molecule has 0 spiro atoms. The highest BCUT2D eigenvalue weighted by Gasteiger charge is 2.15. The molecule has 18 heavy (non-hydrogen) atoms. The molecule has 2 nitrogen and oxygen atoms in total. The van der Waals surface area contributed by atoms with E-state index >= 15 is 0 Å². The molecule has 1 aromatic rings. The summed E-state index contributed by atoms with van der Waals surface area (Å²) in [5, 5.41) is 0. The van der Waals surface area contributed by atoms with Crippen LogP contribution in [0, 0.1) is 5.92 Å². The topological polar surface area (TPSA) is 43.1 Å².